The number of hydrogen-bond donors (Lipinski definition) is 2. The maximum Gasteiger partial charge on any atom is 0.258 e. The van der Waals surface area contributed by atoms with Gasteiger partial charge in [-0.3, -0.25) is 9.79 Å². The molecule has 0 aliphatic carbocycles. The molecule has 1 aliphatic heterocycles. The van der Waals surface area contributed by atoms with Gasteiger partial charge in [0, 0.05) is 11.3 Å². The molecule has 0 aromatic heterocycles. The molecular weight excluding hydrogens is 280 g/mol. The lowest BCUT2D eigenvalue weighted by atomic mass is 9.92. The van der Waals surface area contributed by atoms with Crippen molar-refractivity contribution in [3.05, 3.63) is 29.6 Å². The number of nitrogens with zero attached hydrogens (tertiary/aromatic N) is 1. The number of nitrogens with one attached hydrogen (secondary N) is 1. The van der Waals surface area contributed by atoms with Crippen LogP contribution in [0.3, 0.4) is 0 Å². The molecule has 1 aromatic rings. The SMILES string of the molecule is CC(F)C(=O)Nc1ccc(F)c([C@]2(C)COCC(N)=N2)c1. The van der Waals surface area contributed by atoms with Gasteiger partial charge in [-0.15, -0.1) is 0 Å². The van der Waals surface area contributed by atoms with Gasteiger partial charge in [-0.25, -0.2) is 8.78 Å². The number of hydrogen-bond acceptors (Lipinski definition) is 4. The minimum Gasteiger partial charge on any atom is -0.386 e. The number of amides is 1. The third-order valence-electron chi connectivity index (χ3n) is 3.20. The van der Waals surface area contributed by atoms with Crippen LogP contribution in [0.4, 0.5) is 14.5 Å². The zero-order chi connectivity index (χ0) is 15.6. The molecule has 2 rings (SSSR count). The van der Waals surface area contributed by atoms with Crippen LogP contribution in [0.15, 0.2) is 23.2 Å². The van der Waals surface area contributed by atoms with E-state index in [-0.39, 0.29) is 24.6 Å². The molecule has 1 heterocycles. The second-order valence-corrected chi connectivity index (χ2v) is 5.17. The number of nitrogens with two attached hydrogens (primary N) is 1. The van der Waals surface area contributed by atoms with Crippen molar-refractivity contribution in [1.82, 2.24) is 0 Å². The van der Waals surface area contributed by atoms with Crippen molar-refractivity contribution in [2.24, 2.45) is 10.7 Å². The molecule has 0 bridgehead atoms. The fraction of sp³-hybridized carbons (Fsp3) is 0.429. The summed E-state index contributed by atoms with van der Waals surface area (Å²) in [4.78, 5) is 15.6. The van der Waals surface area contributed by atoms with Crippen LogP contribution in [0.25, 0.3) is 0 Å². The van der Waals surface area contributed by atoms with Crippen LogP contribution in [0.2, 0.25) is 0 Å². The average Bonchev–Trinajstić information content (AvgIpc) is 2.40. The largest absolute Gasteiger partial charge is 0.386 e. The van der Waals surface area contributed by atoms with Crippen molar-refractivity contribution in [2.75, 3.05) is 18.5 Å². The summed E-state index contributed by atoms with van der Waals surface area (Å²) in [6.45, 7) is 3.18. The van der Waals surface area contributed by atoms with Crippen molar-refractivity contribution in [3.8, 4) is 0 Å². The van der Waals surface area contributed by atoms with Gasteiger partial charge in [-0.1, -0.05) is 0 Å². The van der Waals surface area contributed by atoms with Crippen LogP contribution < -0.4 is 11.1 Å². The van der Waals surface area contributed by atoms with Gasteiger partial charge < -0.3 is 15.8 Å². The van der Waals surface area contributed by atoms with Crippen molar-refractivity contribution >= 4 is 17.4 Å². The molecule has 7 heteroatoms. The van der Waals surface area contributed by atoms with Gasteiger partial charge in [0.2, 0.25) is 0 Å². The summed E-state index contributed by atoms with van der Waals surface area (Å²) in [6.07, 6.45) is -1.65. The number of aliphatic imine (C=N–C) groups is 1. The van der Waals surface area contributed by atoms with E-state index in [0.717, 1.165) is 6.92 Å². The fourth-order valence-electron chi connectivity index (χ4n) is 2.13. The Hall–Kier alpha value is -2.02. The summed E-state index contributed by atoms with van der Waals surface area (Å²) in [5.41, 5.74) is 5.19. The molecular formula is C14H17F2N3O2. The van der Waals surface area contributed by atoms with Gasteiger partial charge in [-0.05, 0) is 32.0 Å². The quantitative estimate of drug-likeness (QED) is 0.892. The molecule has 0 saturated carbocycles. The van der Waals surface area contributed by atoms with Gasteiger partial charge >= 0.3 is 0 Å². The first-order chi connectivity index (χ1) is 9.82. The number of carbonyl (C=O) groups is 1. The van der Waals surface area contributed by atoms with E-state index in [1.807, 2.05) is 0 Å². The van der Waals surface area contributed by atoms with Crippen molar-refractivity contribution in [1.29, 1.82) is 0 Å². The summed E-state index contributed by atoms with van der Waals surface area (Å²) in [6, 6.07) is 3.97. The minimum absolute atomic E-state index is 0.168. The third-order valence-corrected chi connectivity index (χ3v) is 3.20. The van der Waals surface area contributed by atoms with Crippen LogP contribution in [-0.2, 0) is 15.1 Å². The van der Waals surface area contributed by atoms with Crippen molar-refractivity contribution < 1.29 is 18.3 Å². The predicted molar refractivity (Wildman–Crippen MR) is 75.4 cm³/mol. The van der Waals surface area contributed by atoms with E-state index in [9.17, 15) is 13.6 Å². The molecule has 1 aliphatic rings. The van der Waals surface area contributed by atoms with Crippen LogP contribution >= 0.6 is 0 Å². The highest BCUT2D eigenvalue weighted by Crippen LogP contribution is 2.32. The van der Waals surface area contributed by atoms with Crippen molar-refractivity contribution in [2.45, 2.75) is 25.6 Å². The second kappa shape index (κ2) is 5.77. The molecule has 0 spiro atoms. The first kappa shape index (κ1) is 15.4. The summed E-state index contributed by atoms with van der Waals surface area (Å²) in [5.74, 6) is -1.01. The van der Waals surface area contributed by atoms with Gasteiger partial charge in [0.15, 0.2) is 6.17 Å². The summed E-state index contributed by atoms with van der Waals surface area (Å²) >= 11 is 0. The number of carbonyl (C=O) groups excluding carboxylic acids is 1. The average molecular weight is 297 g/mol. The Balaban J connectivity index is 2.35. The standard InChI is InChI=1S/C14H17F2N3O2/c1-8(15)13(20)18-9-3-4-11(16)10(5-9)14(2)7-21-6-12(17)19-14/h3-5,8H,6-7H2,1-2H3,(H2,17,19)(H,18,20)/t8?,14-/m0/s1. The Labute approximate surface area is 121 Å². The van der Waals surface area contributed by atoms with Crippen molar-refractivity contribution in [3.63, 3.8) is 0 Å². The molecule has 2 atom stereocenters. The normalized spacial score (nSPS) is 23.3. The molecule has 3 N–H and O–H groups in total. The molecule has 21 heavy (non-hydrogen) atoms. The lowest BCUT2D eigenvalue weighted by molar-refractivity contribution is -0.120. The lowest BCUT2D eigenvalue weighted by Crippen LogP contribution is -2.38. The zero-order valence-electron chi connectivity index (χ0n) is 11.8. The number of ether oxygens (including phenoxy) is 1. The van der Waals surface area contributed by atoms with Gasteiger partial charge in [-0.2, -0.15) is 0 Å². The first-order valence-corrected chi connectivity index (χ1v) is 6.49. The van der Waals surface area contributed by atoms with Gasteiger partial charge in [0.1, 0.15) is 23.8 Å². The van der Waals surface area contributed by atoms with E-state index in [1.165, 1.54) is 18.2 Å². The summed E-state index contributed by atoms with van der Waals surface area (Å²) in [5, 5.41) is 2.38. The van der Waals surface area contributed by atoms with E-state index in [4.69, 9.17) is 10.5 Å². The number of anilines is 1. The smallest absolute Gasteiger partial charge is 0.258 e. The van der Waals surface area contributed by atoms with Crippen LogP contribution in [0, 0.1) is 5.82 Å². The monoisotopic (exact) mass is 297 g/mol. The van der Waals surface area contributed by atoms with E-state index >= 15 is 0 Å². The van der Waals surface area contributed by atoms with Gasteiger partial charge in [0.05, 0.1) is 6.61 Å². The Morgan fingerprint density at radius 3 is 2.90 bits per heavy atom. The third kappa shape index (κ3) is 3.36. The van der Waals surface area contributed by atoms with Crippen LogP contribution in [-0.4, -0.2) is 31.1 Å². The Bertz CT molecular complexity index is 590. The second-order valence-electron chi connectivity index (χ2n) is 5.17. The molecule has 0 saturated heterocycles. The Morgan fingerprint density at radius 1 is 1.57 bits per heavy atom. The number of benzene rings is 1. The van der Waals surface area contributed by atoms with Crippen LogP contribution in [0.5, 0.6) is 0 Å². The molecule has 114 valence electrons. The predicted octanol–water partition coefficient (Wildman–Crippen LogP) is 1.72. The highest BCUT2D eigenvalue weighted by Gasteiger charge is 2.33. The molecule has 1 amide bonds. The molecule has 5 nitrogen and oxygen atoms in total. The number of alkyl halides is 1. The molecule has 1 aromatic carbocycles. The van der Waals surface area contributed by atoms with E-state index in [1.54, 1.807) is 6.92 Å². The van der Waals surface area contributed by atoms with E-state index in [0.29, 0.717) is 5.69 Å². The lowest BCUT2D eigenvalue weighted by Gasteiger charge is -2.30. The Morgan fingerprint density at radius 2 is 2.29 bits per heavy atom. The molecule has 0 fully saturated rings. The highest BCUT2D eigenvalue weighted by molar-refractivity contribution is 5.93. The number of rotatable bonds is 3. The van der Waals surface area contributed by atoms with Crippen LogP contribution in [0.1, 0.15) is 19.4 Å². The first-order valence-electron chi connectivity index (χ1n) is 6.49. The number of halogens is 2. The fourth-order valence-corrected chi connectivity index (χ4v) is 2.13. The molecule has 1 unspecified atom stereocenters. The Kier molecular flexibility index (Phi) is 4.22. The van der Waals surface area contributed by atoms with Gasteiger partial charge in [0.25, 0.3) is 5.91 Å². The summed E-state index contributed by atoms with van der Waals surface area (Å²) < 4.78 is 32.3. The minimum atomic E-state index is -1.65. The summed E-state index contributed by atoms with van der Waals surface area (Å²) in [7, 11) is 0. The van der Waals surface area contributed by atoms with E-state index < -0.39 is 23.4 Å². The van der Waals surface area contributed by atoms with E-state index in [2.05, 4.69) is 10.3 Å². The zero-order valence-corrected chi connectivity index (χ0v) is 11.8. The number of amidine groups is 1. The topological polar surface area (TPSA) is 76.7 Å². The maximum atomic E-state index is 14.1. The molecule has 0 radical (unpaired) electrons. The highest BCUT2D eigenvalue weighted by atomic mass is 19.1. The maximum absolute atomic E-state index is 14.1.